The summed E-state index contributed by atoms with van der Waals surface area (Å²) in [5, 5.41) is 12.4. The Labute approximate surface area is 165 Å². The topological polar surface area (TPSA) is 63.9 Å². The summed E-state index contributed by atoms with van der Waals surface area (Å²) in [5.74, 6) is 1.32. The highest BCUT2D eigenvalue weighted by Crippen LogP contribution is 2.26. The largest absolute Gasteiger partial charge is 0.342 e. The van der Waals surface area contributed by atoms with E-state index in [1.807, 2.05) is 11.8 Å². The van der Waals surface area contributed by atoms with Crippen LogP contribution in [0, 0.1) is 11.8 Å². The van der Waals surface area contributed by atoms with Gasteiger partial charge in [0.25, 0.3) is 0 Å². The molecule has 0 bridgehead atoms. The highest BCUT2D eigenvalue weighted by atomic mass is 32.2. The Morgan fingerprint density at radius 2 is 1.89 bits per heavy atom. The quantitative estimate of drug-likeness (QED) is 0.682. The van der Waals surface area contributed by atoms with Crippen LogP contribution in [0.25, 0.3) is 0 Å². The van der Waals surface area contributed by atoms with Gasteiger partial charge in [0.2, 0.25) is 11.1 Å². The molecule has 1 saturated heterocycles. The zero-order valence-corrected chi connectivity index (χ0v) is 17.2. The molecule has 2 heterocycles. The molecule has 27 heavy (non-hydrogen) atoms. The summed E-state index contributed by atoms with van der Waals surface area (Å²) < 4.78 is 1.80. The molecule has 0 saturated carbocycles. The average molecular weight is 388 g/mol. The fraction of sp³-hybridized carbons (Fsp3) is 0.600. The normalized spacial score (nSPS) is 16.7. The summed E-state index contributed by atoms with van der Waals surface area (Å²) in [4.78, 5) is 14.9. The van der Waals surface area contributed by atoms with E-state index in [9.17, 15) is 4.79 Å². The monoisotopic (exact) mass is 387 g/mol. The maximum absolute atomic E-state index is 12.9. The minimum Gasteiger partial charge on any atom is -0.342 e. The molecule has 1 atom stereocenters. The van der Waals surface area contributed by atoms with E-state index in [1.165, 1.54) is 17.3 Å². The number of likely N-dealkylation sites (tertiary alicyclic amines) is 1. The van der Waals surface area contributed by atoms with Crippen LogP contribution in [0.15, 0.2) is 35.5 Å². The second-order valence-electron chi connectivity index (χ2n) is 7.76. The number of carbonyl (C=O) groups excluding carboxylic acids is 1. The van der Waals surface area contributed by atoms with Crippen molar-refractivity contribution in [2.75, 3.05) is 13.1 Å². The molecule has 1 amide bonds. The van der Waals surface area contributed by atoms with Gasteiger partial charge in [-0.3, -0.25) is 4.79 Å². The predicted octanol–water partition coefficient (Wildman–Crippen LogP) is 3.29. The minimum absolute atomic E-state index is 0.174. The molecule has 3 rings (SSSR count). The highest BCUT2D eigenvalue weighted by Gasteiger charge is 2.27. The minimum atomic E-state index is -0.174. The van der Waals surface area contributed by atoms with Crippen molar-refractivity contribution in [3.8, 4) is 0 Å². The smallest absolute Gasteiger partial charge is 0.235 e. The van der Waals surface area contributed by atoms with Crippen molar-refractivity contribution in [1.82, 2.24) is 25.1 Å². The second-order valence-corrected chi connectivity index (χ2v) is 9.06. The Morgan fingerprint density at radius 3 is 2.56 bits per heavy atom. The standard InChI is InChI=1S/C20H29N5OS/c1-15(2)14-25-20(21-22-23-25)27-16(3)19(26)24-11-9-18(10-12-24)13-17-7-5-4-6-8-17/h4-8,15-16,18H,9-14H2,1-3H3. The van der Waals surface area contributed by atoms with Gasteiger partial charge < -0.3 is 4.90 Å². The lowest BCUT2D eigenvalue weighted by atomic mass is 9.90. The molecular formula is C20H29N5OS. The zero-order chi connectivity index (χ0) is 19.2. The lowest BCUT2D eigenvalue weighted by Crippen LogP contribution is -2.42. The van der Waals surface area contributed by atoms with Gasteiger partial charge in [0.1, 0.15) is 0 Å². The molecule has 0 aliphatic carbocycles. The molecular weight excluding hydrogens is 358 g/mol. The van der Waals surface area contributed by atoms with Crippen LogP contribution in [0.1, 0.15) is 39.2 Å². The Morgan fingerprint density at radius 1 is 1.19 bits per heavy atom. The van der Waals surface area contributed by atoms with Crippen LogP contribution >= 0.6 is 11.8 Å². The lowest BCUT2D eigenvalue weighted by Gasteiger charge is -2.33. The SMILES string of the molecule is CC(C)Cn1nnnc1SC(C)C(=O)N1CCC(Cc2ccccc2)CC1. The van der Waals surface area contributed by atoms with Crippen molar-refractivity contribution in [3.05, 3.63) is 35.9 Å². The lowest BCUT2D eigenvalue weighted by molar-refractivity contribution is -0.131. The fourth-order valence-electron chi connectivity index (χ4n) is 3.51. The number of piperidine rings is 1. The van der Waals surface area contributed by atoms with Crippen molar-refractivity contribution >= 4 is 17.7 Å². The number of rotatable bonds is 7. The van der Waals surface area contributed by atoms with Gasteiger partial charge in [-0.15, -0.1) is 5.10 Å². The molecule has 0 spiro atoms. The van der Waals surface area contributed by atoms with E-state index < -0.39 is 0 Å². The Balaban J connectivity index is 1.49. The van der Waals surface area contributed by atoms with Crippen LogP contribution in [0.4, 0.5) is 0 Å². The second kappa shape index (κ2) is 9.35. The average Bonchev–Trinajstić information content (AvgIpc) is 3.08. The van der Waals surface area contributed by atoms with Crippen molar-refractivity contribution in [3.63, 3.8) is 0 Å². The predicted molar refractivity (Wildman–Crippen MR) is 107 cm³/mol. The van der Waals surface area contributed by atoms with Crippen molar-refractivity contribution in [2.24, 2.45) is 11.8 Å². The summed E-state index contributed by atoms with van der Waals surface area (Å²) in [6.45, 7) is 8.67. The number of carbonyl (C=O) groups is 1. The molecule has 0 radical (unpaired) electrons. The number of amides is 1. The maximum atomic E-state index is 12.9. The number of nitrogens with zero attached hydrogens (tertiary/aromatic N) is 5. The molecule has 2 aromatic rings. The van der Waals surface area contributed by atoms with Gasteiger partial charge in [-0.2, -0.15) is 0 Å². The molecule has 1 aromatic heterocycles. The van der Waals surface area contributed by atoms with Crippen molar-refractivity contribution in [1.29, 1.82) is 0 Å². The van der Waals surface area contributed by atoms with Crippen molar-refractivity contribution in [2.45, 2.75) is 57.0 Å². The molecule has 1 fully saturated rings. The van der Waals surface area contributed by atoms with Gasteiger partial charge >= 0.3 is 0 Å². The molecule has 146 valence electrons. The number of hydrogen-bond acceptors (Lipinski definition) is 5. The summed E-state index contributed by atoms with van der Waals surface area (Å²) >= 11 is 1.46. The molecule has 6 nitrogen and oxygen atoms in total. The van der Waals surface area contributed by atoms with Crippen LogP contribution in [0.2, 0.25) is 0 Å². The molecule has 0 N–H and O–H groups in total. The Bertz CT molecular complexity index is 725. The number of tetrazole rings is 1. The van der Waals surface area contributed by atoms with E-state index in [-0.39, 0.29) is 11.2 Å². The first-order valence-electron chi connectivity index (χ1n) is 9.78. The Hall–Kier alpha value is -1.89. The number of thioether (sulfide) groups is 1. The van der Waals surface area contributed by atoms with Gasteiger partial charge in [-0.05, 0) is 54.0 Å². The van der Waals surface area contributed by atoms with E-state index >= 15 is 0 Å². The van der Waals surface area contributed by atoms with E-state index in [1.54, 1.807) is 4.68 Å². The summed E-state index contributed by atoms with van der Waals surface area (Å²) in [6, 6.07) is 10.6. The van der Waals surface area contributed by atoms with E-state index in [0.29, 0.717) is 11.8 Å². The summed E-state index contributed by atoms with van der Waals surface area (Å²) in [6.07, 6.45) is 3.25. The van der Waals surface area contributed by atoms with Crippen LogP contribution in [0.5, 0.6) is 0 Å². The summed E-state index contributed by atoms with van der Waals surface area (Å²) in [5.41, 5.74) is 1.39. The van der Waals surface area contributed by atoms with Gasteiger partial charge in [0.15, 0.2) is 0 Å². The number of hydrogen-bond donors (Lipinski definition) is 0. The van der Waals surface area contributed by atoms with E-state index in [0.717, 1.165) is 44.1 Å². The van der Waals surface area contributed by atoms with Crippen LogP contribution < -0.4 is 0 Å². The van der Waals surface area contributed by atoms with E-state index in [2.05, 4.69) is 59.7 Å². The van der Waals surface area contributed by atoms with Gasteiger partial charge in [0, 0.05) is 19.6 Å². The molecule has 1 aliphatic heterocycles. The summed E-state index contributed by atoms with van der Waals surface area (Å²) in [7, 11) is 0. The van der Waals surface area contributed by atoms with E-state index in [4.69, 9.17) is 0 Å². The first-order valence-corrected chi connectivity index (χ1v) is 10.7. The molecule has 1 unspecified atom stereocenters. The number of aromatic nitrogens is 4. The van der Waals surface area contributed by atoms with Crippen molar-refractivity contribution < 1.29 is 4.79 Å². The van der Waals surface area contributed by atoms with Crippen LogP contribution in [-0.4, -0.2) is 49.4 Å². The maximum Gasteiger partial charge on any atom is 0.235 e. The molecule has 1 aliphatic rings. The third kappa shape index (κ3) is 5.54. The number of benzene rings is 1. The van der Waals surface area contributed by atoms with Crippen LogP contribution in [-0.2, 0) is 17.8 Å². The van der Waals surface area contributed by atoms with Crippen LogP contribution in [0.3, 0.4) is 0 Å². The first-order chi connectivity index (χ1) is 13.0. The van der Waals surface area contributed by atoms with Gasteiger partial charge in [0.05, 0.1) is 5.25 Å². The highest BCUT2D eigenvalue weighted by molar-refractivity contribution is 8.00. The van der Waals surface area contributed by atoms with Gasteiger partial charge in [-0.25, -0.2) is 4.68 Å². The van der Waals surface area contributed by atoms with Gasteiger partial charge in [-0.1, -0.05) is 55.9 Å². The zero-order valence-electron chi connectivity index (χ0n) is 16.4. The molecule has 1 aromatic carbocycles. The third-order valence-corrected chi connectivity index (χ3v) is 6.02. The third-order valence-electron chi connectivity index (χ3n) is 4.96. The first kappa shape index (κ1) is 19.9. The molecule has 7 heteroatoms. The Kier molecular flexibility index (Phi) is 6.88. The fourth-order valence-corrected chi connectivity index (χ4v) is 4.39.